The number of urea groups is 1. The minimum atomic E-state index is -1.16. The minimum absolute atomic E-state index is 0.00806. The molecule has 1 aliphatic heterocycles. The van der Waals surface area contributed by atoms with Crippen LogP contribution in [0.5, 0.6) is 0 Å². The number of cyclic esters (lactones) is 1. The van der Waals surface area contributed by atoms with Gasteiger partial charge in [-0.1, -0.05) is 18.2 Å². The predicted molar refractivity (Wildman–Crippen MR) is 105 cm³/mol. The Kier molecular flexibility index (Phi) is 6.79. The van der Waals surface area contributed by atoms with Crippen LogP contribution in [0.25, 0.3) is 5.83 Å². The summed E-state index contributed by atoms with van der Waals surface area (Å²) in [7, 11) is 3.08. The van der Waals surface area contributed by atoms with Gasteiger partial charge in [-0.05, 0) is 44.2 Å². The maximum Gasteiger partial charge on any atom is 0.341 e. The average Bonchev–Trinajstić information content (AvgIpc) is 3.02. The molecule has 1 aromatic carbocycles. The van der Waals surface area contributed by atoms with E-state index in [2.05, 4.69) is 11.9 Å². The molecule has 1 aliphatic rings. The summed E-state index contributed by atoms with van der Waals surface area (Å²) < 4.78 is 19.5. The van der Waals surface area contributed by atoms with Gasteiger partial charge in [-0.15, -0.1) is 0 Å². The van der Waals surface area contributed by atoms with Crippen molar-refractivity contribution in [2.24, 2.45) is 0 Å². The molecule has 0 saturated carbocycles. The molecule has 7 nitrogen and oxygen atoms in total. The fourth-order valence-corrected chi connectivity index (χ4v) is 3.21. The molecule has 8 heteroatoms. The number of carboxylic acid groups (broad SMARTS) is 1. The molecule has 0 saturated heterocycles. The Morgan fingerprint density at radius 2 is 2.00 bits per heavy atom. The largest absolute Gasteiger partial charge is 0.550 e. The van der Waals surface area contributed by atoms with E-state index in [1.54, 1.807) is 34.0 Å². The molecule has 0 spiro atoms. The van der Waals surface area contributed by atoms with Crippen molar-refractivity contribution in [1.29, 1.82) is 0 Å². The topological polar surface area (TPSA) is 98.8 Å². The van der Waals surface area contributed by atoms with Crippen LogP contribution in [-0.2, 0) is 22.6 Å². The molecule has 1 N–H and O–H groups in total. The first-order valence-corrected chi connectivity index (χ1v) is 9.08. The van der Waals surface area contributed by atoms with Crippen molar-refractivity contribution in [3.05, 3.63) is 46.0 Å². The Morgan fingerprint density at radius 3 is 2.55 bits per heavy atom. The average molecular weight is 403 g/mol. The molecule has 2 amide bonds. The number of nitrogens with zero attached hydrogens (tertiary/aromatic N) is 1. The van der Waals surface area contributed by atoms with E-state index in [1.807, 2.05) is 0 Å². The van der Waals surface area contributed by atoms with Crippen LogP contribution in [0, 0.1) is 6.92 Å². The maximum absolute atomic E-state index is 14.4. The Hall–Kier alpha value is -3.16. The van der Waals surface area contributed by atoms with Gasteiger partial charge in [0.25, 0.3) is 0 Å². The number of nitrogens with one attached hydrogen (secondary N) is 1. The molecule has 1 aromatic rings. The second kappa shape index (κ2) is 8.89. The number of rotatable bonds is 7. The molecule has 0 aliphatic carbocycles. The van der Waals surface area contributed by atoms with Crippen LogP contribution in [0.4, 0.5) is 14.9 Å². The van der Waals surface area contributed by atoms with E-state index in [4.69, 9.17) is 4.74 Å². The number of amides is 2. The van der Waals surface area contributed by atoms with E-state index in [0.29, 0.717) is 16.7 Å². The molecule has 0 fully saturated rings. The highest BCUT2D eigenvalue weighted by Crippen LogP contribution is 2.40. The van der Waals surface area contributed by atoms with E-state index < -0.39 is 23.8 Å². The number of aliphatic carboxylic acids is 1. The highest BCUT2D eigenvalue weighted by atomic mass is 19.1. The van der Waals surface area contributed by atoms with Crippen LogP contribution >= 0.6 is 0 Å². The van der Waals surface area contributed by atoms with Crippen LogP contribution in [0.1, 0.15) is 52.4 Å². The van der Waals surface area contributed by atoms with Gasteiger partial charge in [0.2, 0.25) is 0 Å². The lowest BCUT2D eigenvalue weighted by Crippen LogP contribution is -2.29. The van der Waals surface area contributed by atoms with Gasteiger partial charge in [0.15, 0.2) is 0 Å². The van der Waals surface area contributed by atoms with Gasteiger partial charge in [-0.2, -0.15) is 0 Å². The number of carboxylic acids is 1. The third-order valence-corrected chi connectivity index (χ3v) is 4.82. The molecule has 0 unspecified atom stereocenters. The highest BCUT2D eigenvalue weighted by Gasteiger charge is 2.33. The second-order valence-corrected chi connectivity index (χ2v) is 7.14. The summed E-state index contributed by atoms with van der Waals surface area (Å²) in [6.07, 6.45) is 2.05. The zero-order valence-corrected chi connectivity index (χ0v) is 17.0. The normalized spacial score (nSPS) is 13.0. The molecule has 0 radical (unpaired) electrons. The number of anilines is 1. The molecule has 0 aromatic heterocycles. The lowest BCUT2D eigenvalue weighted by atomic mass is 9.88. The van der Waals surface area contributed by atoms with Gasteiger partial charge >= 0.3 is 12.0 Å². The third-order valence-electron chi connectivity index (χ3n) is 4.82. The fourth-order valence-electron chi connectivity index (χ4n) is 3.21. The van der Waals surface area contributed by atoms with Crippen molar-refractivity contribution in [2.75, 3.05) is 19.4 Å². The number of carbonyl (C=O) groups is 3. The first-order chi connectivity index (χ1) is 13.5. The summed E-state index contributed by atoms with van der Waals surface area (Å²) in [4.78, 5) is 36.6. The van der Waals surface area contributed by atoms with Crippen LogP contribution < -0.4 is 10.4 Å². The number of esters is 1. The summed E-state index contributed by atoms with van der Waals surface area (Å²) in [6.45, 7) is 6.83. The summed E-state index contributed by atoms with van der Waals surface area (Å²) >= 11 is 0. The van der Waals surface area contributed by atoms with Crippen molar-refractivity contribution in [3.63, 3.8) is 0 Å². The molecule has 29 heavy (non-hydrogen) atoms. The SMILES string of the molecule is C=C(F)c1c(C)c2c(c(NC(=O)N(C)C)c1C/C=C(\C)CCC(=O)[O-])C(=O)OC2. The maximum atomic E-state index is 14.4. The zero-order valence-electron chi connectivity index (χ0n) is 17.0. The second-order valence-electron chi connectivity index (χ2n) is 7.14. The predicted octanol–water partition coefficient (Wildman–Crippen LogP) is 2.72. The van der Waals surface area contributed by atoms with Crippen molar-refractivity contribution in [3.8, 4) is 0 Å². The van der Waals surface area contributed by atoms with Gasteiger partial charge in [-0.25, -0.2) is 14.0 Å². The van der Waals surface area contributed by atoms with Crippen LogP contribution in [0.15, 0.2) is 18.2 Å². The van der Waals surface area contributed by atoms with Crippen molar-refractivity contribution in [1.82, 2.24) is 4.90 Å². The van der Waals surface area contributed by atoms with Gasteiger partial charge in [0, 0.05) is 31.2 Å². The summed E-state index contributed by atoms with van der Waals surface area (Å²) in [5.74, 6) is -2.45. The van der Waals surface area contributed by atoms with Crippen LogP contribution in [-0.4, -0.2) is 37.0 Å². The van der Waals surface area contributed by atoms with Crippen molar-refractivity contribution < 1.29 is 28.6 Å². The summed E-state index contributed by atoms with van der Waals surface area (Å²) in [5.41, 5.74) is 2.78. The molecular formula is C21H24FN2O5-. The number of allylic oxidation sites excluding steroid dienone is 2. The molecule has 0 atom stereocenters. The number of hydrogen-bond acceptors (Lipinski definition) is 5. The zero-order chi connectivity index (χ0) is 21.9. The molecule has 156 valence electrons. The lowest BCUT2D eigenvalue weighted by Gasteiger charge is -2.21. The summed E-state index contributed by atoms with van der Waals surface area (Å²) in [6, 6.07) is -0.481. The van der Waals surface area contributed by atoms with E-state index in [-0.39, 0.29) is 42.7 Å². The van der Waals surface area contributed by atoms with Gasteiger partial charge in [-0.3, -0.25) is 0 Å². The quantitative estimate of drug-likeness (QED) is 0.558. The molecule has 0 bridgehead atoms. The molecule has 1 heterocycles. The van der Waals surface area contributed by atoms with Gasteiger partial charge < -0.3 is 24.9 Å². The van der Waals surface area contributed by atoms with Crippen LogP contribution in [0.3, 0.4) is 0 Å². The van der Waals surface area contributed by atoms with Crippen LogP contribution in [0.2, 0.25) is 0 Å². The summed E-state index contributed by atoms with van der Waals surface area (Å²) in [5, 5.41) is 13.3. The number of hydrogen-bond donors (Lipinski definition) is 1. The highest BCUT2D eigenvalue weighted by molar-refractivity contribution is 6.06. The number of fused-ring (bicyclic) bond motifs is 1. The van der Waals surface area contributed by atoms with Crippen molar-refractivity contribution >= 4 is 29.5 Å². The molecular weight excluding hydrogens is 379 g/mol. The first kappa shape index (κ1) is 22.1. The van der Waals surface area contributed by atoms with Gasteiger partial charge in [0.1, 0.15) is 12.4 Å². The standard InChI is InChI=1S/C21H25FN2O5/c1-11(7-9-16(25)26)6-8-14-17(13(3)22)12(2)15-10-29-20(27)18(15)19(14)23-21(28)24(4)5/h6H,3,7-10H2,1-2,4-5H3,(H,23,28)(H,25,26)/p-1/b11-6+. The van der Waals surface area contributed by atoms with E-state index in [9.17, 15) is 23.9 Å². The number of carbonyl (C=O) groups excluding carboxylic acids is 3. The Bertz CT molecular complexity index is 918. The minimum Gasteiger partial charge on any atom is -0.550 e. The monoisotopic (exact) mass is 403 g/mol. The first-order valence-electron chi connectivity index (χ1n) is 9.08. The van der Waals surface area contributed by atoms with E-state index >= 15 is 0 Å². The smallest absolute Gasteiger partial charge is 0.341 e. The lowest BCUT2D eigenvalue weighted by molar-refractivity contribution is -0.305. The Balaban J connectivity index is 2.63. The fraction of sp³-hybridized carbons (Fsp3) is 0.381. The third kappa shape index (κ3) is 4.82. The Labute approximate surface area is 168 Å². The van der Waals surface area contributed by atoms with E-state index in [1.165, 1.54) is 4.90 Å². The van der Waals surface area contributed by atoms with Gasteiger partial charge in [0.05, 0.1) is 11.3 Å². The van der Waals surface area contributed by atoms with E-state index in [0.717, 1.165) is 5.57 Å². The number of halogens is 1. The Morgan fingerprint density at radius 1 is 1.34 bits per heavy atom. The van der Waals surface area contributed by atoms with Crippen molar-refractivity contribution in [2.45, 2.75) is 39.7 Å². The number of benzene rings is 1. The molecule has 2 rings (SSSR count). The number of ether oxygens (including phenoxy) is 1.